The van der Waals surface area contributed by atoms with E-state index in [2.05, 4.69) is 15.5 Å². The summed E-state index contributed by atoms with van der Waals surface area (Å²) in [6.07, 6.45) is 0. The van der Waals surface area contributed by atoms with E-state index in [4.69, 9.17) is 14.0 Å². The Bertz CT molecular complexity index is 1120. The molecule has 1 amide bonds. The Labute approximate surface area is 179 Å². The molecule has 4 aromatic rings. The van der Waals surface area contributed by atoms with Crippen molar-refractivity contribution in [2.45, 2.75) is 20.1 Å². The van der Waals surface area contributed by atoms with Crippen LogP contribution < -0.4 is 14.8 Å². The molecule has 7 heteroatoms. The Hall–Kier alpha value is -4.13. The van der Waals surface area contributed by atoms with Crippen LogP contribution >= 0.6 is 0 Å². The lowest BCUT2D eigenvalue weighted by Gasteiger charge is -2.09. The molecule has 0 atom stereocenters. The van der Waals surface area contributed by atoms with Crippen LogP contribution in [-0.4, -0.2) is 16.0 Å². The molecular weight excluding hydrogens is 394 g/mol. The largest absolute Gasteiger partial charge is 0.489 e. The third-order valence-corrected chi connectivity index (χ3v) is 4.38. The fourth-order valence-corrected chi connectivity index (χ4v) is 2.80. The number of ether oxygens (including phenoxy) is 2. The second kappa shape index (κ2) is 9.58. The summed E-state index contributed by atoms with van der Waals surface area (Å²) >= 11 is 0. The molecule has 0 aliphatic heterocycles. The molecule has 4 rings (SSSR count). The summed E-state index contributed by atoms with van der Waals surface area (Å²) in [7, 11) is 0. The molecule has 0 spiro atoms. The molecule has 0 saturated heterocycles. The molecule has 0 saturated carbocycles. The Morgan fingerprint density at radius 2 is 1.55 bits per heavy atom. The van der Waals surface area contributed by atoms with Gasteiger partial charge < -0.3 is 19.3 Å². The van der Waals surface area contributed by atoms with Crippen LogP contribution in [0, 0.1) is 0 Å². The van der Waals surface area contributed by atoms with Crippen LogP contribution in [0.1, 0.15) is 18.4 Å². The topological polar surface area (TPSA) is 86.5 Å². The number of hydrogen-bond donors (Lipinski definition) is 1. The molecular formula is C24H21N3O4. The SMILES string of the molecule is CC(=O)NCc1nc(-c2ccc(Oc3ccc(OCc4ccccc4)cc3)cc2)no1. The molecule has 0 unspecified atom stereocenters. The third kappa shape index (κ3) is 5.70. The highest BCUT2D eigenvalue weighted by Crippen LogP contribution is 2.26. The quantitative estimate of drug-likeness (QED) is 0.447. The van der Waals surface area contributed by atoms with Gasteiger partial charge in [0.05, 0.1) is 6.54 Å². The van der Waals surface area contributed by atoms with Crippen molar-refractivity contribution in [1.82, 2.24) is 15.5 Å². The molecule has 3 aromatic carbocycles. The number of nitrogens with one attached hydrogen (secondary N) is 1. The summed E-state index contributed by atoms with van der Waals surface area (Å²) in [5.74, 6) is 2.81. The van der Waals surface area contributed by atoms with Crippen LogP contribution in [-0.2, 0) is 17.9 Å². The van der Waals surface area contributed by atoms with Crippen molar-refractivity contribution < 1.29 is 18.8 Å². The average Bonchev–Trinajstić information content (AvgIpc) is 3.28. The summed E-state index contributed by atoms with van der Waals surface area (Å²) < 4.78 is 16.8. The number of rotatable bonds is 8. The van der Waals surface area contributed by atoms with Gasteiger partial charge in [-0.15, -0.1) is 0 Å². The summed E-state index contributed by atoms with van der Waals surface area (Å²) in [4.78, 5) is 15.2. The standard InChI is InChI=1S/C24H21N3O4/c1-17(28)25-15-23-26-24(27-31-23)19-7-9-21(10-8-19)30-22-13-11-20(12-14-22)29-16-18-5-3-2-4-6-18/h2-14H,15-16H2,1H3,(H,25,28). The Kier molecular flexibility index (Phi) is 6.23. The number of carbonyl (C=O) groups excluding carboxylic acids is 1. The van der Waals surface area contributed by atoms with Gasteiger partial charge in [0, 0.05) is 12.5 Å². The van der Waals surface area contributed by atoms with E-state index in [0.717, 1.165) is 16.9 Å². The van der Waals surface area contributed by atoms with Gasteiger partial charge in [-0.3, -0.25) is 4.79 Å². The maximum Gasteiger partial charge on any atom is 0.246 e. The van der Waals surface area contributed by atoms with Gasteiger partial charge in [-0.05, 0) is 54.1 Å². The molecule has 156 valence electrons. The predicted octanol–water partition coefficient (Wildman–Crippen LogP) is 4.74. The smallest absolute Gasteiger partial charge is 0.246 e. The number of aromatic nitrogens is 2. The first kappa shape index (κ1) is 20.2. The van der Waals surface area contributed by atoms with Crippen LogP contribution in [0.15, 0.2) is 83.4 Å². The first-order valence-electron chi connectivity index (χ1n) is 9.78. The van der Waals surface area contributed by atoms with Crippen LogP contribution in [0.2, 0.25) is 0 Å². The highest BCUT2D eigenvalue weighted by Gasteiger charge is 2.09. The van der Waals surface area contributed by atoms with Crippen LogP contribution in [0.25, 0.3) is 11.4 Å². The normalized spacial score (nSPS) is 10.5. The third-order valence-electron chi connectivity index (χ3n) is 4.38. The maximum atomic E-state index is 11.0. The minimum Gasteiger partial charge on any atom is -0.489 e. The Balaban J connectivity index is 1.33. The van der Waals surface area contributed by atoms with E-state index < -0.39 is 0 Å². The lowest BCUT2D eigenvalue weighted by Crippen LogP contribution is -2.18. The molecule has 0 aliphatic rings. The predicted molar refractivity (Wildman–Crippen MR) is 115 cm³/mol. The summed E-state index contributed by atoms with van der Waals surface area (Å²) in [6.45, 7) is 2.15. The molecule has 0 radical (unpaired) electrons. The lowest BCUT2D eigenvalue weighted by atomic mass is 10.2. The number of nitrogens with zero attached hydrogens (tertiary/aromatic N) is 2. The molecule has 1 aromatic heterocycles. The second-order valence-electron chi connectivity index (χ2n) is 6.79. The van der Waals surface area contributed by atoms with Gasteiger partial charge in [-0.1, -0.05) is 35.5 Å². The molecule has 0 bridgehead atoms. The van der Waals surface area contributed by atoms with E-state index in [0.29, 0.717) is 29.8 Å². The van der Waals surface area contributed by atoms with Gasteiger partial charge in [0.25, 0.3) is 0 Å². The molecule has 7 nitrogen and oxygen atoms in total. The van der Waals surface area contributed by atoms with E-state index >= 15 is 0 Å². The van der Waals surface area contributed by atoms with Crippen molar-refractivity contribution in [2.75, 3.05) is 0 Å². The molecule has 0 fully saturated rings. The first-order chi connectivity index (χ1) is 15.2. The summed E-state index contributed by atoms with van der Waals surface area (Å²) in [5, 5.41) is 6.55. The Morgan fingerprint density at radius 3 is 2.23 bits per heavy atom. The van der Waals surface area contributed by atoms with E-state index in [1.807, 2.05) is 78.9 Å². The van der Waals surface area contributed by atoms with E-state index in [1.165, 1.54) is 6.92 Å². The van der Waals surface area contributed by atoms with Crippen LogP contribution in [0.3, 0.4) is 0 Å². The van der Waals surface area contributed by atoms with Crippen molar-refractivity contribution in [2.24, 2.45) is 0 Å². The first-order valence-corrected chi connectivity index (χ1v) is 9.78. The van der Waals surface area contributed by atoms with Crippen molar-refractivity contribution in [3.05, 3.63) is 90.3 Å². The highest BCUT2D eigenvalue weighted by atomic mass is 16.5. The lowest BCUT2D eigenvalue weighted by molar-refractivity contribution is -0.119. The van der Waals surface area contributed by atoms with E-state index in [1.54, 1.807) is 0 Å². The maximum absolute atomic E-state index is 11.0. The Morgan fingerprint density at radius 1 is 0.903 bits per heavy atom. The minimum atomic E-state index is -0.156. The van der Waals surface area contributed by atoms with Gasteiger partial charge >= 0.3 is 0 Å². The fraction of sp³-hybridized carbons (Fsp3) is 0.125. The molecule has 1 N–H and O–H groups in total. The van der Waals surface area contributed by atoms with Gasteiger partial charge in [-0.25, -0.2) is 0 Å². The minimum absolute atomic E-state index is 0.156. The van der Waals surface area contributed by atoms with Crippen molar-refractivity contribution in [3.63, 3.8) is 0 Å². The molecule has 31 heavy (non-hydrogen) atoms. The van der Waals surface area contributed by atoms with Gasteiger partial charge in [-0.2, -0.15) is 4.98 Å². The second-order valence-corrected chi connectivity index (χ2v) is 6.79. The monoisotopic (exact) mass is 415 g/mol. The van der Waals surface area contributed by atoms with Crippen molar-refractivity contribution in [1.29, 1.82) is 0 Å². The van der Waals surface area contributed by atoms with E-state index in [-0.39, 0.29) is 12.5 Å². The molecule has 0 aliphatic carbocycles. The zero-order chi connectivity index (χ0) is 21.5. The van der Waals surface area contributed by atoms with Crippen LogP contribution in [0.5, 0.6) is 17.2 Å². The van der Waals surface area contributed by atoms with Crippen LogP contribution in [0.4, 0.5) is 0 Å². The van der Waals surface area contributed by atoms with Crippen molar-refractivity contribution in [3.8, 4) is 28.6 Å². The fourth-order valence-electron chi connectivity index (χ4n) is 2.80. The highest BCUT2D eigenvalue weighted by molar-refractivity contribution is 5.72. The zero-order valence-electron chi connectivity index (χ0n) is 16.9. The number of amides is 1. The summed E-state index contributed by atoms with van der Waals surface area (Å²) in [5.41, 5.74) is 1.90. The molecule has 1 heterocycles. The average molecular weight is 415 g/mol. The van der Waals surface area contributed by atoms with Gasteiger partial charge in [0.1, 0.15) is 23.9 Å². The van der Waals surface area contributed by atoms with Crippen molar-refractivity contribution >= 4 is 5.91 Å². The van der Waals surface area contributed by atoms with Gasteiger partial charge in [0.15, 0.2) is 0 Å². The number of carbonyl (C=O) groups is 1. The summed E-state index contributed by atoms with van der Waals surface area (Å²) in [6, 6.07) is 24.9. The number of hydrogen-bond acceptors (Lipinski definition) is 6. The number of benzene rings is 3. The zero-order valence-corrected chi connectivity index (χ0v) is 16.9. The van der Waals surface area contributed by atoms with Gasteiger partial charge in [0.2, 0.25) is 17.6 Å². The van der Waals surface area contributed by atoms with E-state index in [9.17, 15) is 4.79 Å².